The van der Waals surface area contributed by atoms with Gasteiger partial charge < -0.3 is 9.67 Å². The number of thioether (sulfide) groups is 1. The third-order valence-corrected chi connectivity index (χ3v) is 4.74. The zero-order valence-corrected chi connectivity index (χ0v) is 12.7. The molecule has 21 heavy (non-hydrogen) atoms. The first kappa shape index (κ1) is 14.1. The number of pyridine rings is 1. The Morgan fingerprint density at radius 2 is 2.33 bits per heavy atom. The number of aliphatic carboxylic acids is 1. The predicted molar refractivity (Wildman–Crippen MR) is 83.9 cm³/mol. The summed E-state index contributed by atoms with van der Waals surface area (Å²) in [4.78, 5) is 19.3. The molecule has 3 heterocycles. The summed E-state index contributed by atoms with van der Waals surface area (Å²) in [6.07, 6.45) is 4.34. The highest BCUT2D eigenvalue weighted by atomic mass is 32.2. The lowest BCUT2D eigenvalue weighted by Crippen LogP contribution is -2.05. The maximum atomic E-state index is 10.8. The number of aryl methyl sites for hydroxylation is 2. The molecular formula is C14H13N3O2S2. The van der Waals surface area contributed by atoms with Gasteiger partial charge in [0.05, 0.1) is 17.5 Å². The average molecular weight is 319 g/mol. The molecule has 0 aliphatic carbocycles. The van der Waals surface area contributed by atoms with Gasteiger partial charge in [0, 0.05) is 12.7 Å². The molecule has 0 aliphatic rings. The highest BCUT2D eigenvalue weighted by Crippen LogP contribution is 2.24. The van der Waals surface area contributed by atoms with Crippen LogP contribution in [0.15, 0.2) is 40.4 Å². The summed E-state index contributed by atoms with van der Waals surface area (Å²) in [6.45, 7) is 0.777. The summed E-state index contributed by atoms with van der Waals surface area (Å²) in [5.41, 5.74) is 3.08. The van der Waals surface area contributed by atoms with Crippen LogP contribution in [-0.2, 0) is 17.8 Å². The van der Waals surface area contributed by atoms with Gasteiger partial charge in [-0.3, -0.25) is 9.78 Å². The predicted octanol–water partition coefficient (Wildman–Crippen LogP) is 2.91. The first-order chi connectivity index (χ1) is 10.2. The summed E-state index contributed by atoms with van der Waals surface area (Å²) >= 11 is 2.93. The SMILES string of the molecule is O=C(O)CSc1nc2cnccc2n1CCc1ccsc1. The number of carbonyl (C=O) groups is 1. The van der Waals surface area contributed by atoms with Crippen molar-refractivity contribution in [2.75, 3.05) is 5.75 Å². The molecule has 0 aliphatic heterocycles. The quantitative estimate of drug-likeness (QED) is 0.708. The first-order valence-electron chi connectivity index (χ1n) is 6.40. The Labute approximate surface area is 129 Å². The van der Waals surface area contributed by atoms with E-state index in [0.29, 0.717) is 0 Å². The summed E-state index contributed by atoms with van der Waals surface area (Å²) in [5.74, 6) is -0.829. The maximum Gasteiger partial charge on any atom is 0.313 e. The third kappa shape index (κ3) is 3.25. The molecular weight excluding hydrogens is 306 g/mol. The number of aromatic nitrogens is 3. The third-order valence-electron chi connectivity index (χ3n) is 3.04. The topological polar surface area (TPSA) is 68.0 Å². The van der Waals surface area contributed by atoms with Crippen LogP contribution in [0.1, 0.15) is 5.56 Å². The van der Waals surface area contributed by atoms with Crippen molar-refractivity contribution in [2.45, 2.75) is 18.1 Å². The molecule has 0 bridgehead atoms. The molecule has 0 saturated heterocycles. The van der Waals surface area contributed by atoms with Gasteiger partial charge in [0.15, 0.2) is 5.16 Å². The summed E-state index contributed by atoms with van der Waals surface area (Å²) in [5, 5.41) is 13.8. The summed E-state index contributed by atoms with van der Waals surface area (Å²) < 4.78 is 2.07. The number of imidazole rings is 1. The Kier molecular flexibility index (Phi) is 4.21. The fourth-order valence-electron chi connectivity index (χ4n) is 2.09. The van der Waals surface area contributed by atoms with Crippen molar-refractivity contribution < 1.29 is 9.90 Å². The van der Waals surface area contributed by atoms with E-state index in [-0.39, 0.29) is 5.75 Å². The molecule has 3 rings (SSSR count). The lowest BCUT2D eigenvalue weighted by molar-refractivity contribution is -0.133. The average Bonchev–Trinajstić information content (AvgIpc) is 3.10. The zero-order valence-electron chi connectivity index (χ0n) is 11.1. The molecule has 0 saturated carbocycles. The number of rotatable bonds is 6. The van der Waals surface area contributed by atoms with E-state index in [4.69, 9.17) is 5.11 Å². The van der Waals surface area contributed by atoms with Gasteiger partial charge in [0.2, 0.25) is 0 Å². The van der Waals surface area contributed by atoms with E-state index in [1.807, 2.05) is 6.07 Å². The minimum absolute atomic E-state index is 0.00913. The molecule has 0 amide bonds. The lowest BCUT2D eigenvalue weighted by atomic mass is 10.2. The minimum Gasteiger partial charge on any atom is -0.481 e. The molecule has 3 aromatic rings. The van der Waals surface area contributed by atoms with Crippen molar-refractivity contribution in [2.24, 2.45) is 0 Å². The monoisotopic (exact) mass is 319 g/mol. The number of hydrogen-bond acceptors (Lipinski definition) is 5. The van der Waals surface area contributed by atoms with Crippen molar-refractivity contribution >= 4 is 40.1 Å². The summed E-state index contributed by atoms with van der Waals surface area (Å²) in [6, 6.07) is 4.02. The fraction of sp³-hybridized carbons (Fsp3) is 0.214. The van der Waals surface area contributed by atoms with Crippen LogP contribution in [0.2, 0.25) is 0 Å². The summed E-state index contributed by atoms with van der Waals surface area (Å²) in [7, 11) is 0. The second-order valence-electron chi connectivity index (χ2n) is 4.47. The van der Waals surface area contributed by atoms with E-state index >= 15 is 0 Å². The van der Waals surface area contributed by atoms with Crippen molar-refractivity contribution in [3.8, 4) is 0 Å². The molecule has 108 valence electrons. The molecule has 7 heteroatoms. The largest absolute Gasteiger partial charge is 0.481 e. The van der Waals surface area contributed by atoms with Gasteiger partial charge in [0.25, 0.3) is 0 Å². The smallest absolute Gasteiger partial charge is 0.313 e. The Morgan fingerprint density at radius 1 is 1.43 bits per heavy atom. The second-order valence-corrected chi connectivity index (χ2v) is 6.20. The van der Waals surface area contributed by atoms with Crippen LogP contribution < -0.4 is 0 Å². The first-order valence-corrected chi connectivity index (χ1v) is 8.33. The van der Waals surface area contributed by atoms with Crippen molar-refractivity contribution in [3.05, 3.63) is 40.8 Å². The Morgan fingerprint density at radius 3 is 3.10 bits per heavy atom. The van der Waals surface area contributed by atoms with Crippen LogP contribution in [-0.4, -0.2) is 31.4 Å². The van der Waals surface area contributed by atoms with Crippen LogP contribution in [0.4, 0.5) is 0 Å². The normalized spacial score (nSPS) is 11.0. The molecule has 0 spiro atoms. The number of hydrogen-bond donors (Lipinski definition) is 1. The second kappa shape index (κ2) is 6.28. The van der Waals surface area contributed by atoms with E-state index < -0.39 is 5.97 Å². The zero-order chi connectivity index (χ0) is 14.7. The Balaban J connectivity index is 1.89. The number of carboxylic acids is 1. The van der Waals surface area contributed by atoms with Gasteiger partial charge in [-0.1, -0.05) is 11.8 Å². The molecule has 0 atom stereocenters. The lowest BCUT2D eigenvalue weighted by Gasteiger charge is -2.07. The van der Waals surface area contributed by atoms with Gasteiger partial charge in [-0.05, 0) is 34.9 Å². The highest BCUT2D eigenvalue weighted by molar-refractivity contribution is 7.99. The van der Waals surface area contributed by atoms with Crippen LogP contribution >= 0.6 is 23.1 Å². The van der Waals surface area contributed by atoms with E-state index in [1.165, 1.54) is 17.3 Å². The minimum atomic E-state index is -0.838. The number of fused-ring (bicyclic) bond motifs is 1. The van der Waals surface area contributed by atoms with Gasteiger partial charge in [-0.2, -0.15) is 11.3 Å². The fourth-order valence-corrected chi connectivity index (χ4v) is 3.55. The van der Waals surface area contributed by atoms with Crippen molar-refractivity contribution in [1.82, 2.24) is 14.5 Å². The van der Waals surface area contributed by atoms with E-state index in [0.717, 1.165) is 29.2 Å². The number of nitrogens with zero attached hydrogens (tertiary/aromatic N) is 3. The Hall–Kier alpha value is -1.86. The molecule has 5 nitrogen and oxygen atoms in total. The van der Waals surface area contributed by atoms with E-state index in [2.05, 4.69) is 31.4 Å². The molecule has 0 unspecified atom stereocenters. The van der Waals surface area contributed by atoms with E-state index in [9.17, 15) is 4.79 Å². The van der Waals surface area contributed by atoms with Crippen LogP contribution in [0, 0.1) is 0 Å². The maximum absolute atomic E-state index is 10.8. The van der Waals surface area contributed by atoms with Gasteiger partial charge >= 0.3 is 5.97 Å². The van der Waals surface area contributed by atoms with Crippen LogP contribution in [0.25, 0.3) is 11.0 Å². The van der Waals surface area contributed by atoms with Gasteiger partial charge in [-0.15, -0.1) is 0 Å². The van der Waals surface area contributed by atoms with Crippen LogP contribution in [0.5, 0.6) is 0 Å². The van der Waals surface area contributed by atoms with Crippen molar-refractivity contribution in [3.63, 3.8) is 0 Å². The number of thiophene rings is 1. The molecule has 0 aromatic carbocycles. The Bertz CT molecular complexity index is 753. The van der Waals surface area contributed by atoms with Crippen molar-refractivity contribution in [1.29, 1.82) is 0 Å². The van der Waals surface area contributed by atoms with Crippen LogP contribution in [0.3, 0.4) is 0 Å². The van der Waals surface area contributed by atoms with Gasteiger partial charge in [0.1, 0.15) is 5.52 Å². The molecule has 0 radical (unpaired) electrons. The van der Waals surface area contributed by atoms with Gasteiger partial charge in [-0.25, -0.2) is 4.98 Å². The molecule has 1 N–H and O–H groups in total. The van der Waals surface area contributed by atoms with E-state index in [1.54, 1.807) is 23.7 Å². The standard InChI is InChI=1S/C14H13N3O2S2/c18-13(19)9-21-14-16-11-7-15-4-1-12(11)17(14)5-2-10-3-6-20-8-10/h1,3-4,6-8H,2,5,9H2,(H,18,19). The molecule has 3 aromatic heterocycles. The number of carboxylic acid groups (broad SMARTS) is 1. The highest BCUT2D eigenvalue weighted by Gasteiger charge is 2.12. The molecule has 0 fully saturated rings.